The van der Waals surface area contributed by atoms with Crippen LogP contribution in [0.3, 0.4) is 0 Å². The molecule has 0 aromatic carbocycles. The van der Waals surface area contributed by atoms with E-state index in [1.165, 1.54) is 17.8 Å². The van der Waals surface area contributed by atoms with Crippen LogP contribution in [0.15, 0.2) is 15.7 Å². The fraction of sp³-hybridized carbons (Fsp3) is 0.692. The van der Waals surface area contributed by atoms with Crippen molar-refractivity contribution in [3.63, 3.8) is 0 Å². The maximum Gasteiger partial charge on any atom is 0.252 e. The quantitative estimate of drug-likeness (QED) is 0.909. The Bertz CT molecular complexity index is 504. The summed E-state index contributed by atoms with van der Waals surface area (Å²) in [5.41, 5.74) is 0.670. The van der Waals surface area contributed by atoms with Gasteiger partial charge in [0.05, 0.1) is 6.61 Å². The smallest absolute Gasteiger partial charge is 0.252 e. The van der Waals surface area contributed by atoms with Gasteiger partial charge >= 0.3 is 0 Å². The van der Waals surface area contributed by atoms with Crippen molar-refractivity contribution < 1.29 is 13.5 Å². The van der Waals surface area contributed by atoms with Gasteiger partial charge in [-0.2, -0.15) is 4.31 Å². The molecule has 1 aromatic rings. The van der Waals surface area contributed by atoms with Crippen molar-refractivity contribution in [2.24, 2.45) is 0 Å². The first kappa shape index (κ1) is 15.0. The Morgan fingerprint density at radius 1 is 1.37 bits per heavy atom. The second-order valence-electron chi connectivity index (χ2n) is 4.93. The molecule has 0 aliphatic heterocycles. The highest BCUT2D eigenvalue weighted by Gasteiger charge is 2.31. The zero-order valence-electron chi connectivity index (χ0n) is 11.2. The summed E-state index contributed by atoms with van der Waals surface area (Å²) in [6.07, 6.45) is 5.37. The predicted molar refractivity (Wildman–Crippen MR) is 76.7 cm³/mol. The van der Waals surface area contributed by atoms with Crippen LogP contribution >= 0.6 is 11.3 Å². The van der Waals surface area contributed by atoms with E-state index < -0.39 is 10.0 Å². The van der Waals surface area contributed by atoms with Crippen molar-refractivity contribution in [1.82, 2.24) is 4.31 Å². The molecule has 6 heteroatoms. The molecule has 1 fully saturated rings. The van der Waals surface area contributed by atoms with Crippen molar-refractivity contribution in [3.8, 4) is 0 Å². The Hall–Kier alpha value is -0.430. The van der Waals surface area contributed by atoms with E-state index in [-0.39, 0.29) is 12.6 Å². The minimum absolute atomic E-state index is 0.110. The van der Waals surface area contributed by atoms with E-state index in [9.17, 15) is 8.42 Å². The molecule has 0 unspecified atom stereocenters. The van der Waals surface area contributed by atoms with Gasteiger partial charge in [0.15, 0.2) is 0 Å². The first-order valence-corrected chi connectivity index (χ1v) is 9.11. The lowest BCUT2D eigenvalue weighted by atomic mass is 9.95. The summed E-state index contributed by atoms with van der Waals surface area (Å²) in [7, 11) is -3.40. The lowest BCUT2D eigenvalue weighted by Crippen LogP contribution is -2.40. The van der Waals surface area contributed by atoms with Crippen molar-refractivity contribution in [2.45, 2.75) is 55.9 Å². The molecule has 1 heterocycles. The van der Waals surface area contributed by atoms with Crippen LogP contribution in [0.2, 0.25) is 0 Å². The topological polar surface area (TPSA) is 57.6 Å². The number of nitrogens with zero attached hydrogens (tertiary/aromatic N) is 1. The summed E-state index contributed by atoms with van der Waals surface area (Å²) in [5.74, 6) is 0. The van der Waals surface area contributed by atoms with Crippen LogP contribution in [-0.4, -0.2) is 30.4 Å². The Morgan fingerprint density at radius 2 is 2.05 bits per heavy atom. The standard InChI is InChI=1S/C13H21NO3S2/c1-2-14(12-6-4-3-5-7-12)19(16,17)13-8-11(9-15)10-18-13/h8,10,12,15H,2-7,9H2,1H3. The molecule has 1 aliphatic rings. The largest absolute Gasteiger partial charge is 0.392 e. The molecule has 19 heavy (non-hydrogen) atoms. The van der Waals surface area contributed by atoms with Crippen molar-refractivity contribution in [2.75, 3.05) is 6.54 Å². The summed E-state index contributed by atoms with van der Waals surface area (Å²) in [4.78, 5) is 0. The first-order valence-electron chi connectivity index (χ1n) is 6.79. The van der Waals surface area contributed by atoms with Crippen molar-refractivity contribution in [3.05, 3.63) is 17.0 Å². The molecular formula is C13H21NO3S2. The molecule has 1 aromatic heterocycles. The monoisotopic (exact) mass is 303 g/mol. The summed E-state index contributed by atoms with van der Waals surface area (Å²) in [5, 5.41) is 10.8. The van der Waals surface area contributed by atoms with Crippen LogP contribution in [0, 0.1) is 0 Å². The van der Waals surface area contributed by atoms with Crippen LogP contribution in [0.4, 0.5) is 0 Å². The lowest BCUT2D eigenvalue weighted by molar-refractivity contribution is 0.261. The van der Waals surface area contributed by atoms with E-state index in [4.69, 9.17) is 5.11 Å². The third-order valence-electron chi connectivity index (χ3n) is 3.67. The van der Waals surface area contributed by atoms with E-state index in [0.717, 1.165) is 25.7 Å². The second kappa shape index (κ2) is 6.35. The van der Waals surface area contributed by atoms with Crippen molar-refractivity contribution >= 4 is 21.4 Å². The highest BCUT2D eigenvalue weighted by Crippen LogP contribution is 2.30. The van der Waals surface area contributed by atoms with Crippen molar-refractivity contribution in [1.29, 1.82) is 0 Å². The third-order valence-corrected chi connectivity index (χ3v) is 7.16. The van der Waals surface area contributed by atoms with Crippen LogP contribution in [0.1, 0.15) is 44.6 Å². The van der Waals surface area contributed by atoms with E-state index in [0.29, 0.717) is 16.3 Å². The zero-order valence-corrected chi connectivity index (χ0v) is 12.8. The minimum Gasteiger partial charge on any atom is -0.392 e. The molecule has 0 radical (unpaired) electrons. The van der Waals surface area contributed by atoms with Gasteiger partial charge in [0.25, 0.3) is 10.0 Å². The summed E-state index contributed by atoms with van der Waals surface area (Å²) in [6.45, 7) is 2.30. The average molecular weight is 303 g/mol. The lowest BCUT2D eigenvalue weighted by Gasteiger charge is -2.32. The molecule has 0 spiro atoms. The van der Waals surface area contributed by atoms with Gasteiger partial charge in [-0.05, 0) is 29.9 Å². The molecule has 0 saturated heterocycles. The van der Waals surface area contributed by atoms with Gasteiger partial charge in [-0.1, -0.05) is 26.2 Å². The summed E-state index contributed by atoms with van der Waals surface area (Å²) in [6, 6.07) is 1.73. The second-order valence-corrected chi connectivity index (χ2v) is 7.96. The molecule has 4 nitrogen and oxygen atoms in total. The number of hydrogen-bond donors (Lipinski definition) is 1. The van der Waals surface area contributed by atoms with Gasteiger partial charge in [-0.15, -0.1) is 11.3 Å². The van der Waals surface area contributed by atoms with Gasteiger partial charge in [0.1, 0.15) is 4.21 Å². The summed E-state index contributed by atoms with van der Waals surface area (Å²) < 4.78 is 27.3. The number of hydrogen-bond acceptors (Lipinski definition) is 4. The average Bonchev–Trinajstić information content (AvgIpc) is 2.90. The Labute approximate surface area is 119 Å². The maximum atomic E-state index is 12.6. The molecule has 0 bridgehead atoms. The summed E-state index contributed by atoms with van der Waals surface area (Å²) >= 11 is 1.20. The van der Waals surface area contributed by atoms with Gasteiger partial charge in [-0.25, -0.2) is 8.42 Å². The van der Waals surface area contributed by atoms with E-state index >= 15 is 0 Å². The number of aliphatic hydroxyl groups excluding tert-OH is 1. The fourth-order valence-corrected chi connectivity index (χ4v) is 5.70. The number of aliphatic hydroxyl groups is 1. The molecule has 0 amide bonds. The first-order chi connectivity index (χ1) is 9.09. The molecule has 2 rings (SSSR count). The molecular weight excluding hydrogens is 282 g/mol. The van der Waals surface area contributed by atoms with Gasteiger partial charge in [-0.3, -0.25) is 0 Å². The minimum atomic E-state index is -3.40. The predicted octanol–water partition coefficient (Wildman–Crippen LogP) is 2.58. The number of rotatable bonds is 5. The molecule has 1 N–H and O–H groups in total. The molecule has 1 saturated carbocycles. The third kappa shape index (κ3) is 3.18. The van der Waals surface area contributed by atoms with Gasteiger partial charge in [0, 0.05) is 12.6 Å². The number of sulfonamides is 1. The van der Waals surface area contributed by atoms with Gasteiger partial charge in [0.2, 0.25) is 0 Å². The van der Waals surface area contributed by atoms with E-state index in [2.05, 4.69) is 0 Å². The Balaban J connectivity index is 2.24. The van der Waals surface area contributed by atoms with E-state index in [1.54, 1.807) is 15.8 Å². The maximum absolute atomic E-state index is 12.6. The highest BCUT2D eigenvalue weighted by molar-refractivity contribution is 7.91. The van der Waals surface area contributed by atoms with Crippen LogP contribution in [0.25, 0.3) is 0 Å². The fourth-order valence-electron chi connectivity index (χ4n) is 2.68. The van der Waals surface area contributed by atoms with Gasteiger partial charge < -0.3 is 5.11 Å². The van der Waals surface area contributed by atoms with Crippen LogP contribution in [0.5, 0.6) is 0 Å². The molecule has 1 aliphatic carbocycles. The Morgan fingerprint density at radius 3 is 2.58 bits per heavy atom. The van der Waals surface area contributed by atoms with Crippen LogP contribution < -0.4 is 0 Å². The van der Waals surface area contributed by atoms with Crippen LogP contribution in [-0.2, 0) is 16.6 Å². The number of thiophene rings is 1. The zero-order chi connectivity index (χ0) is 13.9. The highest BCUT2D eigenvalue weighted by atomic mass is 32.2. The Kier molecular flexibility index (Phi) is 5.00. The molecule has 0 atom stereocenters. The van der Waals surface area contributed by atoms with E-state index in [1.807, 2.05) is 6.92 Å². The SMILES string of the molecule is CCN(C1CCCCC1)S(=O)(=O)c1cc(CO)cs1. The molecule has 108 valence electrons. The normalized spacial score (nSPS) is 18.1.